The molecule has 1 aromatic rings. The summed E-state index contributed by atoms with van der Waals surface area (Å²) in [5.74, 6) is 0. The Hall–Kier alpha value is -1.52. The molecule has 0 saturated heterocycles. The van der Waals surface area contributed by atoms with Gasteiger partial charge in [0.05, 0.1) is 0 Å². The van der Waals surface area contributed by atoms with Crippen molar-refractivity contribution in [1.82, 2.24) is 0 Å². The Morgan fingerprint density at radius 3 is 2.40 bits per heavy atom. The number of benzene rings is 1. The Kier molecular flexibility index (Phi) is 2.38. The maximum Gasteiger partial charge on any atom is 0.432 e. The first-order chi connectivity index (χ1) is 7.07. The largest absolute Gasteiger partial charge is 0.432 e. The van der Waals surface area contributed by atoms with Gasteiger partial charge in [-0.2, -0.15) is 13.2 Å². The fourth-order valence-corrected chi connectivity index (χ4v) is 1.39. The average molecular weight is 215 g/mol. The van der Waals surface area contributed by atoms with Crippen molar-refractivity contribution in [3.8, 4) is 0 Å². The van der Waals surface area contributed by atoms with Gasteiger partial charge in [0.1, 0.15) is 0 Å². The highest BCUT2D eigenvalue weighted by Crippen LogP contribution is 2.33. The molecule has 0 aliphatic carbocycles. The van der Waals surface area contributed by atoms with Gasteiger partial charge in [0.2, 0.25) is 0 Å². The fraction of sp³-hybridized carbons (Fsp3) is 0.300. The van der Waals surface area contributed by atoms with Crippen LogP contribution in [0.15, 0.2) is 35.5 Å². The molecular weight excluding hydrogens is 207 g/mol. The van der Waals surface area contributed by atoms with E-state index in [4.69, 9.17) is 4.84 Å². The molecule has 1 heterocycles. The minimum atomic E-state index is -4.39. The zero-order chi connectivity index (χ0) is 10.9. The van der Waals surface area contributed by atoms with Crippen molar-refractivity contribution in [3.63, 3.8) is 0 Å². The smallest absolute Gasteiger partial charge is 0.387 e. The summed E-state index contributed by atoms with van der Waals surface area (Å²) in [6, 6.07) is 8.75. The van der Waals surface area contributed by atoms with Crippen molar-refractivity contribution in [3.05, 3.63) is 35.9 Å². The van der Waals surface area contributed by atoms with Gasteiger partial charge in [-0.05, 0) is 5.56 Å². The first-order valence-electron chi connectivity index (χ1n) is 4.42. The Bertz CT molecular complexity index is 372. The van der Waals surface area contributed by atoms with Gasteiger partial charge in [0, 0.05) is 6.42 Å². The van der Waals surface area contributed by atoms with Crippen LogP contribution in [0, 0.1) is 0 Å². The molecule has 15 heavy (non-hydrogen) atoms. The molecular formula is C10H8F3NO. The maximum absolute atomic E-state index is 12.2. The van der Waals surface area contributed by atoms with Gasteiger partial charge in [-0.3, -0.25) is 0 Å². The fourth-order valence-electron chi connectivity index (χ4n) is 1.39. The van der Waals surface area contributed by atoms with Crippen molar-refractivity contribution in [2.45, 2.75) is 18.7 Å². The number of hydrogen-bond acceptors (Lipinski definition) is 2. The highest BCUT2D eigenvalue weighted by molar-refractivity contribution is 5.90. The number of alkyl halides is 3. The Morgan fingerprint density at radius 1 is 1.20 bits per heavy atom. The molecule has 2 nitrogen and oxygen atoms in total. The van der Waals surface area contributed by atoms with Crippen LogP contribution < -0.4 is 0 Å². The van der Waals surface area contributed by atoms with E-state index in [9.17, 15) is 13.2 Å². The standard InChI is InChI=1S/C10H8F3NO/c11-10(12,13)9-6-8(15-14-9)7-4-2-1-3-5-7/h1-5,8H,6H2. The van der Waals surface area contributed by atoms with E-state index in [0.29, 0.717) is 5.56 Å². The van der Waals surface area contributed by atoms with E-state index in [2.05, 4.69) is 5.16 Å². The molecule has 0 radical (unpaired) electrons. The van der Waals surface area contributed by atoms with Crippen molar-refractivity contribution in [2.75, 3.05) is 0 Å². The number of oxime groups is 1. The molecule has 1 aromatic carbocycles. The molecule has 0 fully saturated rings. The van der Waals surface area contributed by atoms with Crippen molar-refractivity contribution in [1.29, 1.82) is 0 Å². The zero-order valence-electron chi connectivity index (χ0n) is 7.66. The van der Waals surface area contributed by atoms with Gasteiger partial charge in [-0.15, -0.1) is 0 Å². The minimum Gasteiger partial charge on any atom is -0.387 e. The summed E-state index contributed by atoms with van der Waals surface area (Å²) in [5.41, 5.74) is -0.142. The van der Waals surface area contributed by atoms with E-state index < -0.39 is 18.0 Å². The molecule has 1 aliphatic heterocycles. The molecule has 0 aromatic heterocycles. The lowest BCUT2D eigenvalue weighted by atomic mass is 10.0. The number of halogens is 3. The quantitative estimate of drug-likeness (QED) is 0.705. The molecule has 0 spiro atoms. The molecule has 1 unspecified atom stereocenters. The van der Waals surface area contributed by atoms with Crippen LogP contribution >= 0.6 is 0 Å². The summed E-state index contributed by atoms with van der Waals surface area (Å²) in [6.45, 7) is 0. The van der Waals surface area contributed by atoms with E-state index >= 15 is 0 Å². The van der Waals surface area contributed by atoms with Gasteiger partial charge in [0.15, 0.2) is 11.8 Å². The summed E-state index contributed by atoms with van der Waals surface area (Å²) >= 11 is 0. The molecule has 1 atom stereocenters. The van der Waals surface area contributed by atoms with Crippen LogP contribution in [-0.4, -0.2) is 11.9 Å². The number of nitrogens with zero attached hydrogens (tertiary/aromatic N) is 1. The van der Waals surface area contributed by atoms with Gasteiger partial charge in [-0.1, -0.05) is 35.5 Å². The summed E-state index contributed by atoms with van der Waals surface area (Å²) < 4.78 is 36.7. The van der Waals surface area contributed by atoms with E-state index in [-0.39, 0.29) is 6.42 Å². The second-order valence-electron chi connectivity index (χ2n) is 3.24. The molecule has 1 aliphatic rings. The third-order valence-corrected chi connectivity index (χ3v) is 2.17. The lowest BCUT2D eigenvalue weighted by Gasteiger charge is -2.08. The van der Waals surface area contributed by atoms with E-state index in [1.807, 2.05) is 0 Å². The van der Waals surface area contributed by atoms with Gasteiger partial charge in [0.25, 0.3) is 0 Å². The third kappa shape index (κ3) is 2.11. The molecule has 0 saturated carbocycles. The molecule has 5 heteroatoms. The Morgan fingerprint density at radius 2 is 1.87 bits per heavy atom. The lowest BCUT2D eigenvalue weighted by molar-refractivity contribution is -0.0604. The first-order valence-corrected chi connectivity index (χ1v) is 4.42. The molecule has 80 valence electrons. The Labute approximate surface area is 84.3 Å². The maximum atomic E-state index is 12.2. The van der Waals surface area contributed by atoms with E-state index in [0.717, 1.165) is 0 Å². The predicted octanol–water partition coefficient (Wildman–Crippen LogP) is 3.07. The van der Waals surface area contributed by atoms with Crippen LogP contribution in [0.4, 0.5) is 13.2 Å². The van der Waals surface area contributed by atoms with Crippen molar-refractivity contribution < 1.29 is 18.0 Å². The first kappa shape index (κ1) is 10.0. The summed E-state index contributed by atoms with van der Waals surface area (Å²) in [5, 5.41) is 3.06. The van der Waals surface area contributed by atoms with Crippen LogP contribution in [0.1, 0.15) is 18.1 Å². The van der Waals surface area contributed by atoms with Crippen LogP contribution in [0.3, 0.4) is 0 Å². The lowest BCUT2D eigenvalue weighted by Crippen LogP contribution is -2.21. The van der Waals surface area contributed by atoms with Crippen LogP contribution in [0.5, 0.6) is 0 Å². The van der Waals surface area contributed by atoms with Crippen molar-refractivity contribution in [2.24, 2.45) is 5.16 Å². The van der Waals surface area contributed by atoms with Crippen LogP contribution in [0.25, 0.3) is 0 Å². The third-order valence-electron chi connectivity index (χ3n) is 2.17. The van der Waals surface area contributed by atoms with E-state index in [1.165, 1.54) is 0 Å². The molecule has 2 rings (SSSR count). The predicted molar refractivity (Wildman–Crippen MR) is 48.4 cm³/mol. The second kappa shape index (κ2) is 3.56. The minimum absolute atomic E-state index is 0.215. The molecule has 0 amide bonds. The van der Waals surface area contributed by atoms with Crippen LogP contribution in [0.2, 0.25) is 0 Å². The summed E-state index contributed by atoms with van der Waals surface area (Å²) in [6.07, 6.45) is -5.21. The van der Waals surface area contributed by atoms with E-state index in [1.54, 1.807) is 30.3 Å². The van der Waals surface area contributed by atoms with Crippen molar-refractivity contribution >= 4 is 5.71 Å². The normalized spacial score (nSPS) is 21.0. The van der Waals surface area contributed by atoms with Gasteiger partial charge in [-0.25, -0.2) is 0 Å². The SMILES string of the molecule is FC(F)(F)C1=NOC(c2ccccc2)C1. The molecule has 0 bridgehead atoms. The van der Waals surface area contributed by atoms with Gasteiger partial charge >= 0.3 is 6.18 Å². The Balaban J connectivity index is 2.09. The average Bonchev–Trinajstić information content (AvgIpc) is 2.67. The second-order valence-corrected chi connectivity index (χ2v) is 3.24. The highest BCUT2D eigenvalue weighted by atomic mass is 19.4. The zero-order valence-corrected chi connectivity index (χ0v) is 7.66. The monoisotopic (exact) mass is 215 g/mol. The topological polar surface area (TPSA) is 21.6 Å². The van der Waals surface area contributed by atoms with Gasteiger partial charge < -0.3 is 4.84 Å². The highest BCUT2D eigenvalue weighted by Gasteiger charge is 2.41. The number of hydrogen-bond donors (Lipinski definition) is 0. The van der Waals surface area contributed by atoms with Crippen LogP contribution in [-0.2, 0) is 4.84 Å². The summed E-state index contributed by atoms with van der Waals surface area (Å²) in [4.78, 5) is 4.75. The molecule has 0 N–H and O–H groups in total. The number of rotatable bonds is 1. The summed E-state index contributed by atoms with van der Waals surface area (Å²) in [7, 11) is 0.